The van der Waals surface area contributed by atoms with Crippen LogP contribution < -0.4 is 5.32 Å². The topological polar surface area (TPSA) is 72.5 Å². The lowest BCUT2D eigenvalue weighted by molar-refractivity contribution is -0.389. The van der Waals surface area contributed by atoms with Crippen LogP contribution in [0.1, 0.15) is 23.6 Å². The second-order valence-electron chi connectivity index (χ2n) is 5.40. The summed E-state index contributed by atoms with van der Waals surface area (Å²) in [4.78, 5) is 15.4. The highest BCUT2D eigenvalue weighted by Gasteiger charge is 2.28. The molecule has 22 heavy (non-hydrogen) atoms. The third kappa shape index (κ3) is 1.92. The van der Waals surface area contributed by atoms with Crippen molar-refractivity contribution < 1.29 is 4.92 Å². The van der Waals surface area contributed by atoms with Crippen molar-refractivity contribution in [3.05, 3.63) is 69.9 Å². The van der Waals surface area contributed by atoms with Gasteiger partial charge in [-0.2, -0.15) is 9.38 Å². The number of anilines is 1. The molecule has 0 unspecified atom stereocenters. The van der Waals surface area contributed by atoms with E-state index in [2.05, 4.69) is 22.4 Å². The van der Waals surface area contributed by atoms with E-state index in [0.29, 0.717) is 11.5 Å². The zero-order valence-corrected chi connectivity index (χ0v) is 11.8. The molecule has 6 nitrogen and oxygen atoms in total. The first-order valence-corrected chi connectivity index (χ1v) is 7.20. The van der Waals surface area contributed by atoms with Gasteiger partial charge < -0.3 is 15.4 Å². The normalized spacial score (nSPS) is 16.6. The number of imidazole rings is 1. The lowest BCUT2D eigenvalue weighted by atomic mass is 10.1. The fourth-order valence-electron chi connectivity index (χ4n) is 3.13. The highest BCUT2D eigenvalue weighted by molar-refractivity contribution is 5.63. The van der Waals surface area contributed by atoms with E-state index >= 15 is 0 Å². The number of fused-ring (bicyclic) bond motifs is 2. The summed E-state index contributed by atoms with van der Waals surface area (Å²) in [6.07, 6.45) is 3.56. The van der Waals surface area contributed by atoms with Crippen molar-refractivity contribution in [1.29, 1.82) is 0 Å². The first-order valence-electron chi connectivity index (χ1n) is 7.20. The average Bonchev–Trinajstić information content (AvgIpc) is 3.09. The van der Waals surface area contributed by atoms with Crippen LogP contribution >= 0.6 is 0 Å². The largest absolute Gasteiger partial charge is 0.372 e. The predicted molar refractivity (Wildman–Crippen MR) is 83.0 cm³/mol. The third-order valence-electron chi connectivity index (χ3n) is 4.12. The molecule has 1 aromatic carbocycles. The van der Waals surface area contributed by atoms with Crippen LogP contribution in [0, 0.1) is 10.1 Å². The van der Waals surface area contributed by atoms with Crippen LogP contribution in [-0.2, 0) is 6.42 Å². The molecule has 0 saturated carbocycles. The number of nitro groups is 1. The maximum Gasteiger partial charge on any atom is 0.372 e. The SMILES string of the molecule is O=[N+]([O-])c1c(N[C@@H]2CCc3ccccc32)nc2ccccn12. The number of benzene rings is 1. The van der Waals surface area contributed by atoms with Crippen LogP contribution in [0.15, 0.2) is 48.7 Å². The van der Waals surface area contributed by atoms with E-state index in [-0.39, 0.29) is 16.8 Å². The minimum atomic E-state index is -0.386. The maximum absolute atomic E-state index is 11.4. The van der Waals surface area contributed by atoms with Crippen molar-refractivity contribution in [3.8, 4) is 0 Å². The van der Waals surface area contributed by atoms with Gasteiger partial charge in [-0.25, -0.2) is 0 Å². The van der Waals surface area contributed by atoms with Gasteiger partial charge in [-0.15, -0.1) is 0 Å². The Hall–Kier alpha value is -2.89. The van der Waals surface area contributed by atoms with Crippen molar-refractivity contribution in [2.75, 3.05) is 5.32 Å². The van der Waals surface area contributed by atoms with Crippen LogP contribution in [0.5, 0.6) is 0 Å². The van der Waals surface area contributed by atoms with Gasteiger partial charge in [0.1, 0.15) is 0 Å². The van der Waals surface area contributed by atoms with E-state index < -0.39 is 0 Å². The molecule has 1 atom stereocenters. The molecule has 3 aromatic rings. The molecule has 0 fully saturated rings. The molecule has 1 N–H and O–H groups in total. The maximum atomic E-state index is 11.4. The molecule has 0 saturated heterocycles. The fourth-order valence-corrected chi connectivity index (χ4v) is 3.13. The highest BCUT2D eigenvalue weighted by atomic mass is 16.6. The minimum Gasteiger partial charge on any atom is -0.358 e. The van der Waals surface area contributed by atoms with Crippen molar-refractivity contribution in [1.82, 2.24) is 9.38 Å². The summed E-state index contributed by atoms with van der Waals surface area (Å²) < 4.78 is 1.50. The molecule has 0 aliphatic heterocycles. The number of nitrogens with one attached hydrogen (secondary N) is 1. The van der Waals surface area contributed by atoms with Crippen LogP contribution in [0.4, 0.5) is 11.6 Å². The number of nitrogens with zero attached hydrogens (tertiary/aromatic N) is 3. The Labute approximate surface area is 126 Å². The van der Waals surface area contributed by atoms with E-state index in [1.165, 1.54) is 15.5 Å². The molecule has 0 amide bonds. The molecule has 2 heterocycles. The second kappa shape index (κ2) is 4.84. The number of rotatable bonds is 3. The summed E-state index contributed by atoms with van der Waals surface area (Å²) >= 11 is 0. The van der Waals surface area contributed by atoms with Crippen molar-refractivity contribution >= 4 is 17.3 Å². The summed E-state index contributed by atoms with van der Waals surface area (Å²) in [5, 5.41) is 14.7. The van der Waals surface area contributed by atoms with Crippen molar-refractivity contribution in [2.24, 2.45) is 0 Å². The van der Waals surface area contributed by atoms with Gasteiger partial charge in [0.15, 0.2) is 0 Å². The van der Waals surface area contributed by atoms with Gasteiger partial charge in [0.25, 0.3) is 0 Å². The quantitative estimate of drug-likeness (QED) is 0.594. The molecule has 2 aromatic heterocycles. The minimum absolute atomic E-state index is 0.0139. The van der Waals surface area contributed by atoms with Gasteiger partial charge in [0.05, 0.1) is 12.2 Å². The lowest BCUT2D eigenvalue weighted by Crippen LogP contribution is -2.09. The van der Waals surface area contributed by atoms with Gasteiger partial charge in [0, 0.05) is 6.07 Å². The Bertz CT molecular complexity index is 871. The zero-order valence-electron chi connectivity index (χ0n) is 11.8. The monoisotopic (exact) mass is 294 g/mol. The van der Waals surface area contributed by atoms with E-state index in [4.69, 9.17) is 0 Å². The van der Waals surface area contributed by atoms with Gasteiger partial charge in [-0.1, -0.05) is 30.3 Å². The summed E-state index contributed by atoms with van der Waals surface area (Å²) in [5.41, 5.74) is 3.07. The molecule has 1 aliphatic carbocycles. The summed E-state index contributed by atoms with van der Waals surface area (Å²) in [6.45, 7) is 0. The van der Waals surface area contributed by atoms with Gasteiger partial charge >= 0.3 is 5.82 Å². The van der Waals surface area contributed by atoms with Crippen LogP contribution in [0.3, 0.4) is 0 Å². The Morgan fingerprint density at radius 2 is 2.05 bits per heavy atom. The smallest absolute Gasteiger partial charge is 0.358 e. The van der Waals surface area contributed by atoms with Gasteiger partial charge in [-0.05, 0) is 35.0 Å². The molecule has 0 bridgehead atoms. The van der Waals surface area contributed by atoms with Crippen molar-refractivity contribution in [3.63, 3.8) is 0 Å². The van der Waals surface area contributed by atoms with Gasteiger partial charge in [-0.3, -0.25) is 0 Å². The van der Waals surface area contributed by atoms with E-state index in [0.717, 1.165) is 12.8 Å². The zero-order chi connectivity index (χ0) is 15.1. The fraction of sp³-hybridized carbons (Fsp3) is 0.188. The van der Waals surface area contributed by atoms with Gasteiger partial charge in [0.2, 0.25) is 11.5 Å². The summed E-state index contributed by atoms with van der Waals surface area (Å²) in [5.74, 6) is 0.317. The molecule has 1 aliphatic rings. The highest BCUT2D eigenvalue weighted by Crippen LogP contribution is 2.36. The number of pyridine rings is 1. The number of aryl methyl sites for hydroxylation is 1. The molecule has 0 spiro atoms. The second-order valence-corrected chi connectivity index (χ2v) is 5.40. The predicted octanol–water partition coefficient (Wildman–Crippen LogP) is 3.34. The molecular weight excluding hydrogens is 280 g/mol. The standard InChI is InChI=1S/C16H14N4O2/c21-20(22)16-15(18-14-7-3-4-10-19(14)16)17-13-9-8-11-5-1-2-6-12(11)13/h1-7,10,13,17H,8-9H2/t13-/m1/s1. The molecular formula is C16H14N4O2. The van der Waals surface area contributed by atoms with E-state index in [1.54, 1.807) is 18.3 Å². The number of aromatic nitrogens is 2. The summed E-state index contributed by atoms with van der Waals surface area (Å²) in [6, 6.07) is 13.6. The third-order valence-corrected chi connectivity index (χ3v) is 4.12. The van der Waals surface area contributed by atoms with Crippen LogP contribution in [0.25, 0.3) is 5.65 Å². The molecule has 0 radical (unpaired) electrons. The van der Waals surface area contributed by atoms with Crippen molar-refractivity contribution in [2.45, 2.75) is 18.9 Å². The lowest BCUT2D eigenvalue weighted by Gasteiger charge is -2.13. The first-order chi connectivity index (χ1) is 10.7. The Morgan fingerprint density at radius 1 is 1.23 bits per heavy atom. The summed E-state index contributed by atoms with van der Waals surface area (Å²) in [7, 11) is 0. The Morgan fingerprint density at radius 3 is 2.91 bits per heavy atom. The molecule has 6 heteroatoms. The average molecular weight is 294 g/mol. The number of hydrogen-bond acceptors (Lipinski definition) is 4. The van der Waals surface area contributed by atoms with E-state index in [1.807, 2.05) is 18.2 Å². The van der Waals surface area contributed by atoms with E-state index in [9.17, 15) is 10.1 Å². The molecule has 110 valence electrons. The Kier molecular flexibility index (Phi) is 2.82. The van der Waals surface area contributed by atoms with Crippen LogP contribution in [0.2, 0.25) is 0 Å². The van der Waals surface area contributed by atoms with Crippen LogP contribution in [-0.4, -0.2) is 14.3 Å². The number of hydrogen-bond donors (Lipinski definition) is 1. The molecule has 4 rings (SSSR count). The Balaban J connectivity index is 1.76. The first kappa shape index (κ1) is 12.8.